The fourth-order valence-corrected chi connectivity index (χ4v) is 1.61. The molecule has 5 nitrogen and oxygen atoms in total. The Kier molecular flexibility index (Phi) is 5.99. The molecule has 5 heteroatoms. The van der Waals surface area contributed by atoms with E-state index in [1.165, 1.54) is 0 Å². The molecule has 1 rings (SSSR count). The lowest BCUT2D eigenvalue weighted by Gasteiger charge is -2.10. The normalized spacial score (nSPS) is 11.6. The lowest BCUT2D eigenvalue weighted by Crippen LogP contribution is -2.11. The molecule has 1 heterocycles. The van der Waals surface area contributed by atoms with Crippen molar-refractivity contribution in [1.29, 1.82) is 0 Å². The first kappa shape index (κ1) is 15.7. The van der Waals surface area contributed by atoms with Crippen LogP contribution in [0.2, 0.25) is 0 Å². The molecule has 0 aromatic carbocycles. The maximum Gasteiger partial charge on any atom is 0.305 e. The molecule has 0 radical (unpaired) electrons. The van der Waals surface area contributed by atoms with Gasteiger partial charge in [-0.2, -0.15) is 0 Å². The van der Waals surface area contributed by atoms with Crippen LogP contribution in [0.3, 0.4) is 0 Å². The second kappa shape index (κ2) is 7.26. The molecule has 1 aromatic heterocycles. The van der Waals surface area contributed by atoms with Gasteiger partial charge in [-0.1, -0.05) is 27.2 Å². The van der Waals surface area contributed by atoms with Crippen LogP contribution >= 0.6 is 0 Å². The van der Waals surface area contributed by atoms with Gasteiger partial charge in [0.05, 0.1) is 6.61 Å². The molecule has 108 valence electrons. The van der Waals surface area contributed by atoms with E-state index < -0.39 is 0 Å². The van der Waals surface area contributed by atoms with Gasteiger partial charge < -0.3 is 9.15 Å². The largest absolute Gasteiger partial charge is 0.466 e. The van der Waals surface area contributed by atoms with Crippen molar-refractivity contribution in [3.05, 3.63) is 11.8 Å². The van der Waals surface area contributed by atoms with Gasteiger partial charge in [-0.25, -0.2) is 0 Å². The van der Waals surface area contributed by atoms with Crippen LogP contribution in [-0.4, -0.2) is 22.8 Å². The quantitative estimate of drug-likeness (QED) is 0.561. The van der Waals surface area contributed by atoms with Crippen LogP contribution in [0.1, 0.15) is 65.2 Å². The Morgan fingerprint density at radius 2 is 1.95 bits per heavy atom. The molecule has 0 saturated carbocycles. The first-order chi connectivity index (χ1) is 8.93. The lowest BCUT2D eigenvalue weighted by atomic mass is 9.97. The molecule has 0 fully saturated rings. The minimum atomic E-state index is -0.115. The summed E-state index contributed by atoms with van der Waals surface area (Å²) in [6, 6.07) is 0. The monoisotopic (exact) mass is 268 g/mol. The smallest absolute Gasteiger partial charge is 0.305 e. The van der Waals surface area contributed by atoms with Gasteiger partial charge in [0.1, 0.15) is 0 Å². The average molecular weight is 268 g/mol. The zero-order valence-corrected chi connectivity index (χ0v) is 12.4. The molecule has 0 aliphatic heterocycles. The molecule has 0 atom stereocenters. The number of aromatic nitrogens is 2. The van der Waals surface area contributed by atoms with Gasteiger partial charge in [0.25, 0.3) is 0 Å². The van der Waals surface area contributed by atoms with Crippen molar-refractivity contribution < 1.29 is 13.9 Å². The second-order valence-electron chi connectivity index (χ2n) is 5.62. The van der Waals surface area contributed by atoms with Gasteiger partial charge in [0.15, 0.2) is 0 Å². The molecular formula is C14H24N2O3. The number of rotatable bonds is 7. The second-order valence-corrected chi connectivity index (χ2v) is 5.62. The van der Waals surface area contributed by atoms with Crippen LogP contribution in [0.15, 0.2) is 4.42 Å². The summed E-state index contributed by atoms with van der Waals surface area (Å²) in [7, 11) is 0. The van der Waals surface area contributed by atoms with E-state index in [0.29, 0.717) is 24.8 Å². The number of unbranched alkanes of at least 4 members (excludes halogenated alkanes) is 2. The molecule has 0 unspecified atom stereocenters. The molecule has 0 bridgehead atoms. The van der Waals surface area contributed by atoms with E-state index in [-0.39, 0.29) is 11.4 Å². The summed E-state index contributed by atoms with van der Waals surface area (Å²) in [6.45, 7) is 8.41. The minimum Gasteiger partial charge on any atom is -0.466 e. The summed E-state index contributed by atoms with van der Waals surface area (Å²) in [5.41, 5.74) is -0.102. The van der Waals surface area contributed by atoms with Crippen molar-refractivity contribution in [2.45, 2.75) is 65.2 Å². The summed E-state index contributed by atoms with van der Waals surface area (Å²) in [4.78, 5) is 11.1. The number of aryl methyl sites for hydroxylation is 1. The molecular weight excluding hydrogens is 244 g/mol. The third-order valence-corrected chi connectivity index (χ3v) is 2.69. The Labute approximate surface area is 114 Å². The highest BCUT2D eigenvalue weighted by Crippen LogP contribution is 2.20. The topological polar surface area (TPSA) is 65.2 Å². The maximum atomic E-state index is 11.1. The third kappa shape index (κ3) is 5.85. The molecule has 0 saturated heterocycles. The summed E-state index contributed by atoms with van der Waals surface area (Å²) in [5, 5.41) is 8.08. The molecule has 0 aliphatic rings. The van der Waals surface area contributed by atoms with E-state index in [2.05, 4.69) is 10.2 Å². The van der Waals surface area contributed by atoms with Crippen molar-refractivity contribution in [2.75, 3.05) is 6.61 Å². The Morgan fingerprint density at radius 3 is 2.53 bits per heavy atom. The van der Waals surface area contributed by atoms with Crippen molar-refractivity contribution >= 4 is 5.97 Å². The maximum absolute atomic E-state index is 11.1. The Morgan fingerprint density at radius 1 is 1.21 bits per heavy atom. The minimum absolute atomic E-state index is 0.102. The van der Waals surface area contributed by atoms with Crippen LogP contribution in [0.5, 0.6) is 0 Å². The van der Waals surface area contributed by atoms with Gasteiger partial charge in [0.2, 0.25) is 11.8 Å². The van der Waals surface area contributed by atoms with Crippen LogP contribution in [0.25, 0.3) is 0 Å². The standard InChI is InChI=1S/C14H24N2O3/c1-5-18-12(17)10-8-6-7-9-11-15-16-13(19-11)14(2,3)4/h5-10H2,1-4H3. The van der Waals surface area contributed by atoms with Crippen LogP contribution < -0.4 is 0 Å². The molecule has 19 heavy (non-hydrogen) atoms. The summed E-state index contributed by atoms with van der Waals surface area (Å²) in [6.07, 6.45) is 4.02. The van der Waals surface area contributed by atoms with Crippen molar-refractivity contribution in [2.24, 2.45) is 0 Å². The molecule has 0 aliphatic carbocycles. The van der Waals surface area contributed by atoms with Crippen molar-refractivity contribution in [1.82, 2.24) is 10.2 Å². The Bertz CT molecular complexity index is 394. The Hall–Kier alpha value is -1.39. The molecule has 0 N–H and O–H groups in total. The fraction of sp³-hybridized carbons (Fsp3) is 0.786. The van der Waals surface area contributed by atoms with Gasteiger partial charge >= 0.3 is 5.97 Å². The number of carbonyl (C=O) groups excluding carboxylic acids is 1. The summed E-state index contributed by atoms with van der Waals surface area (Å²) in [5.74, 6) is 1.24. The highest BCUT2D eigenvalue weighted by atomic mass is 16.5. The number of nitrogens with zero attached hydrogens (tertiary/aromatic N) is 2. The SMILES string of the molecule is CCOC(=O)CCCCCc1nnc(C(C)(C)C)o1. The van der Waals surface area contributed by atoms with E-state index in [1.807, 2.05) is 27.7 Å². The van der Waals surface area contributed by atoms with E-state index in [0.717, 1.165) is 25.7 Å². The first-order valence-electron chi connectivity index (χ1n) is 6.92. The van der Waals surface area contributed by atoms with E-state index in [9.17, 15) is 4.79 Å². The highest BCUT2D eigenvalue weighted by molar-refractivity contribution is 5.69. The number of carbonyl (C=O) groups is 1. The number of ether oxygens (including phenoxy) is 1. The first-order valence-corrected chi connectivity index (χ1v) is 6.92. The predicted octanol–water partition coefficient (Wildman–Crippen LogP) is 3.03. The van der Waals surface area contributed by atoms with Gasteiger partial charge in [-0.05, 0) is 19.8 Å². The zero-order chi connectivity index (χ0) is 14.3. The van der Waals surface area contributed by atoms with Crippen LogP contribution in [0.4, 0.5) is 0 Å². The lowest BCUT2D eigenvalue weighted by molar-refractivity contribution is -0.143. The molecule has 0 amide bonds. The van der Waals surface area contributed by atoms with E-state index in [4.69, 9.17) is 9.15 Å². The van der Waals surface area contributed by atoms with E-state index >= 15 is 0 Å². The Balaban J connectivity index is 2.20. The van der Waals surface area contributed by atoms with Crippen LogP contribution in [0, 0.1) is 0 Å². The molecule has 0 spiro atoms. The number of hydrogen-bond donors (Lipinski definition) is 0. The number of esters is 1. The van der Waals surface area contributed by atoms with Crippen molar-refractivity contribution in [3.8, 4) is 0 Å². The zero-order valence-electron chi connectivity index (χ0n) is 12.4. The van der Waals surface area contributed by atoms with Gasteiger partial charge in [-0.3, -0.25) is 4.79 Å². The van der Waals surface area contributed by atoms with E-state index in [1.54, 1.807) is 0 Å². The predicted molar refractivity (Wildman–Crippen MR) is 71.8 cm³/mol. The van der Waals surface area contributed by atoms with Gasteiger partial charge in [-0.15, -0.1) is 10.2 Å². The van der Waals surface area contributed by atoms with Crippen LogP contribution in [-0.2, 0) is 21.4 Å². The highest BCUT2D eigenvalue weighted by Gasteiger charge is 2.21. The fourth-order valence-electron chi connectivity index (χ4n) is 1.61. The van der Waals surface area contributed by atoms with Crippen molar-refractivity contribution in [3.63, 3.8) is 0 Å². The summed E-state index contributed by atoms with van der Waals surface area (Å²) >= 11 is 0. The number of hydrogen-bond acceptors (Lipinski definition) is 5. The third-order valence-electron chi connectivity index (χ3n) is 2.69. The average Bonchev–Trinajstić information content (AvgIpc) is 2.77. The van der Waals surface area contributed by atoms with Gasteiger partial charge in [0, 0.05) is 18.3 Å². The summed E-state index contributed by atoms with van der Waals surface area (Å²) < 4.78 is 10.5. The molecule has 1 aromatic rings.